The number of hydrogen-bond donors (Lipinski definition) is 2. The molecule has 1 aromatic rings. The number of halogens is 2. The molecule has 0 aromatic heterocycles. The van der Waals surface area contributed by atoms with E-state index in [0.717, 1.165) is 0 Å². The van der Waals surface area contributed by atoms with E-state index >= 15 is 0 Å². The molecule has 0 fully saturated rings. The molecule has 3 N–H and O–H groups in total. The Morgan fingerprint density at radius 2 is 2.17 bits per heavy atom. The maximum absolute atomic E-state index is 11.7. The van der Waals surface area contributed by atoms with E-state index in [-0.39, 0.29) is 24.9 Å². The van der Waals surface area contributed by atoms with Crippen LogP contribution in [0.15, 0.2) is 18.2 Å². The van der Waals surface area contributed by atoms with Crippen LogP contribution in [0, 0.1) is 0 Å². The van der Waals surface area contributed by atoms with E-state index in [1.54, 1.807) is 18.2 Å². The number of methoxy groups -OCH3 is 2. The summed E-state index contributed by atoms with van der Waals surface area (Å²) < 4.78 is 9.92. The van der Waals surface area contributed by atoms with Crippen LogP contribution < -0.4 is 15.8 Å². The molecule has 0 radical (unpaired) electrons. The van der Waals surface area contributed by atoms with Gasteiger partial charge in [0.15, 0.2) is 0 Å². The fourth-order valence-corrected chi connectivity index (χ4v) is 1.53. The Labute approximate surface area is 117 Å². The van der Waals surface area contributed by atoms with Crippen LogP contribution in [0.5, 0.6) is 5.75 Å². The summed E-state index contributed by atoms with van der Waals surface area (Å²) in [5, 5.41) is 3.08. The van der Waals surface area contributed by atoms with Crippen molar-refractivity contribution in [3.8, 4) is 5.75 Å². The molecule has 0 heterocycles. The standard InChI is InChI=1S/C11H15ClN2O3.ClH/c1-16-9-4-3-7(5-8(9)12)14-11(15)10(6-13)17-2;/h3-5,10H,6,13H2,1-2H3,(H,14,15);1H. The van der Waals surface area contributed by atoms with Crippen molar-refractivity contribution in [3.63, 3.8) is 0 Å². The van der Waals surface area contributed by atoms with Crippen LogP contribution in [-0.2, 0) is 9.53 Å². The van der Waals surface area contributed by atoms with Crippen LogP contribution in [0.2, 0.25) is 5.02 Å². The summed E-state index contributed by atoms with van der Waals surface area (Å²) in [6.45, 7) is 0.117. The quantitative estimate of drug-likeness (QED) is 0.867. The molecule has 0 spiro atoms. The molecular formula is C11H16Cl2N2O3. The van der Waals surface area contributed by atoms with Gasteiger partial charge in [0.25, 0.3) is 5.91 Å². The van der Waals surface area contributed by atoms with Gasteiger partial charge in [-0.1, -0.05) is 11.6 Å². The molecule has 7 heteroatoms. The first-order valence-electron chi connectivity index (χ1n) is 4.99. The Morgan fingerprint density at radius 3 is 2.61 bits per heavy atom. The molecular weight excluding hydrogens is 279 g/mol. The first-order valence-corrected chi connectivity index (χ1v) is 5.37. The number of nitrogens with one attached hydrogen (secondary N) is 1. The molecule has 1 atom stereocenters. The summed E-state index contributed by atoms with van der Waals surface area (Å²) in [5.74, 6) is 0.239. The number of benzene rings is 1. The second kappa shape index (κ2) is 8.16. The lowest BCUT2D eigenvalue weighted by molar-refractivity contribution is -0.125. The summed E-state index contributed by atoms with van der Waals surface area (Å²) in [6.07, 6.45) is -0.670. The van der Waals surface area contributed by atoms with Crippen molar-refractivity contribution in [1.82, 2.24) is 0 Å². The van der Waals surface area contributed by atoms with Crippen molar-refractivity contribution in [2.24, 2.45) is 5.73 Å². The summed E-state index contributed by atoms with van der Waals surface area (Å²) >= 11 is 5.93. The number of anilines is 1. The normalized spacial score (nSPS) is 11.3. The number of nitrogens with two attached hydrogens (primary N) is 1. The predicted molar refractivity (Wildman–Crippen MR) is 73.7 cm³/mol. The highest BCUT2D eigenvalue weighted by Crippen LogP contribution is 2.27. The molecule has 0 aliphatic carbocycles. The lowest BCUT2D eigenvalue weighted by Crippen LogP contribution is -2.35. The summed E-state index contributed by atoms with van der Waals surface area (Å²) in [6, 6.07) is 4.95. The molecule has 1 unspecified atom stereocenters. The number of carbonyl (C=O) groups excluding carboxylic acids is 1. The average Bonchev–Trinajstić information content (AvgIpc) is 2.31. The topological polar surface area (TPSA) is 73.6 Å². The summed E-state index contributed by atoms with van der Waals surface area (Å²) in [4.78, 5) is 11.7. The lowest BCUT2D eigenvalue weighted by atomic mass is 10.2. The van der Waals surface area contributed by atoms with E-state index in [4.69, 9.17) is 26.8 Å². The van der Waals surface area contributed by atoms with Crippen LogP contribution in [-0.4, -0.2) is 32.8 Å². The maximum atomic E-state index is 11.7. The summed E-state index contributed by atoms with van der Waals surface area (Å²) in [5.41, 5.74) is 5.95. The van der Waals surface area contributed by atoms with Gasteiger partial charge in [-0.15, -0.1) is 12.4 Å². The van der Waals surface area contributed by atoms with Crippen LogP contribution in [0.3, 0.4) is 0 Å². The van der Waals surface area contributed by atoms with E-state index < -0.39 is 6.10 Å². The zero-order valence-electron chi connectivity index (χ0n) is 10.1. The third-order valence-corrected chi connectivity index (χ3v) is 2.51. The number of carbonyl (C=O) groups is 1. The van der Waals surface area contributed by atoms with Gasteiger partial charge in [-0.2, -0.15) is 0 Å². The molecule has 1 aromatic carbocycles. The predicted octanol–water partition coefficient (Wildman–Crippen LogP) is 1.68. The van der Waals surface area contributed by atoms with E-state index in [1.807, 2.05) is 0 Å². The van der Waals surface area contributed by atoms with Crippen LogP contribution in [0.1, 0.15) is 0 Å². The average molecular weight is 295 g/mol. The molecule has 102 valence electrons. The minimum absolute atomic E-state index is 0. The molecule has 1 rings (SSSR count). The van der Waals surface area contributed by atoms with Crippen LogP contribution in [0.25, 0.3) is 0 Å². The van der Waals surface area contributed by atoms with Crippen molar-refractivity contribution < 1.29 is 14.3 Å². The Hall–Kier alpha value is -1.01. The van der Waals surface area contributed by atoms with Crippen molar-refractivity contribution in [1.29, 1.82) is 0 Å². The SMILES string of the molecule is COc1ccc(NC(=O)C(CN)OC)cc1Cl.Cl. The van der Waals surface area contributed by atoms with Gasteiger partial charge in [0.05, 0.1) is 12.1 Å². The molecule has 18 heavy (non-hydrogen) atoms. The molecule has 0 aliphatic rings. The first-order chi connectivity index (χ1) is 8.12. The Kier molecular flexibility index (Phi) is 7.70. The zero-order valence-corrected chi connectivity index (χ0v) is 11.7. The summed E-state index contributed by atoms with van der Waals surface area (Å²) in [7, 11) is 2.95. The van der Waals surface area contributed by atoms with Gasteiger partial charge < -0.3 is 20.5 Å². The molecule has 0 bridgehead atoms. The minimum Gasteiger partial charge on any atom is -0.495 e. The lowest BCUT2D eigenvalue weighted by Gasteiger charge is -2.13. The van der Waals surface area contributed by atoms with E-state index in [0.29, 0.717) is 16.5 Å². The highest BCUT2D eigenvalue weighted by Gasteiger charge is 2.16. The van der Waals surface area contributed by atoms with Crippen molar-refractivity contribution in [2.45, 2.75) is 6.10 Å². The first kappa shape index (κ1) is 17.0. The Balaban J connectivity index is 0.00000289. The van der Waals surface area contributed by atoms with Gasteiger partial charge in [-0.05, 0) is 18.2 Å². The smallest absolute Gasteiger partial charge is 0.254 e. The molecule has 0 saturated carbocycles. The van der Waals surface area contributed by atoms with Gasteiger partial charge in [-0.3, -0.25) is 4.79 Å². The zero-order chi connectivity index (χ0) is 12.8. The minimum atomic E-state index is -0.670. The molecule has 5 nitrogen and oxygen atoms in total. The van der Waals surface area contributed by atoms with Crippen LogP contribution in [0.4, 0.5) is 5.69 Å². The van der Waals surface area contributed by atoms with E-state index in [1.165, 1.54) is 14.2 Å². The third kappa shape index (κ3) is 4.34. The van der Waals surface area contributed by atoms with E-state index in [9.17, 15) is 4.79 Å². The van der Waals surface area contributed by atoms with Crippen molar-refractivity contribution >= 4 is 35.6 Å². The third-order valence-electron chi connectivity index (χ3n) is 2.21. The molecule has 0 saturated heterocycles. The van der Waals surface area contributed by atoms with Gasteiger partial charge in [-0.25, -0.2) is 0 Å². The van der Waals surface area contributed by atoms with Gasteiger partial charge in [0.2, 0.25) is 0 Å². The highest BCUT2D eigenvalue weighted by atomic mass is 35.5. The van der Waals surface area contributed by atoms with E-state index in [2.05, 4.69) is 5.32 Å². The number of hydrogen-bond acceptors (Lipinski definition) is 4. The fraction of sp³-hybridized carbons (Fsp3) is 0.364. The van der Waals surface area contributed by atoms with Crippen LogP contribution >= 0.6 is 24.0 Å². The maximum Gasteiger partial charge on any atom is 0.254 e. The second-order valence-corrected chi connectivity index (χ2v) is 3.71. The van der Waals surface area contributed by atoms with Gasteiger partial charge in [0, 0.05) is 19.3 Å². The molecule has 0 aliphatic heterocycles. The van der Waals surface area contributed by atoms with Gasteiger partial charge >= 0.3 is 0 Å². The Bertz CT molecular complexity index is 398. The Morgan fingerprint density at radius 1 is 1.50 bits per heavy atom. The number of rotatable bonds is 5. The fourth-order valence-electron chi connectivity index (χ4n) is 1.28. The van der Waals surface area contributed by atoms with Crippen molar-refractivity contribution in [2.75, 3.05) is 26.1 Å². The van der Waals surface area contributed by atoms with Gasteiger partial charge in [0.1, 0.15) is 11.9 Å². The highest BCUT2D eigenvalue weighted by molar-refractivity contribution is 6.32. The number of amides is 1. The number of ether oxygens (including phenoxy) is 2. The largest absolute Gasteiger partial charge is 0.495 e. The second-order valence-electron chi connectivity index (χ2n) is 3.30. The molecule has 1 amide bonds. The monoisotopic (exact) mass is 294 g/mol. The van der Waals surface area contributed by atoms with Crippen molar-refractivity contribution in [3.05, 3.63) is 23.2 Å².